The summed E-state index contributed by atoms with van der Waals surface area (Å²) in [5.74, 6) is 0.707. The maximum Gasteiger partial charge on any atom is 0.325 e. The van der Waals surface area contributed by atoms with Crippen LogP contribution in [0.5, 0.6) is 11.5 Å². The van der Waals surface area contributed by atoms with Gasteiger partial charge in [0.05, 0.1) is 13.1 Å². The van der Waals surface area contributed by atoms with Crippen molar-refractivity contribution < 1.29 is 23.9 Å². The predicted molar refractivity (Wildman–Crippen MR) is 110 cm³/mol. The predicted octanol–water partition coefficient (Wildman–Crippen LogP) is 1.38. The van der Waals surface area contributed by atoms with E-state index in [0.29, 0.717) is 36.2 Å². The van der Waals surface area contributed by atoms with Crippen LogP contribution in [-0.2, 0) is 9.59 Å². The molecular weight excluding hydrogens is 390 g/mol. The molecule has 0 radical (unpaired) electrons. The number of hydrogen-bond acceptors (Lipinski definition) is 7. The van der Waals surface area contributed by atoms with E-state index in [9.17, 15) is 14.4 Å². The lowest BCUT2D eigenvalue weighted by Crippen LogP contribution is -2.42. The number of amides is 4. The van der Waals surface area contributed by atoms with E-state index in [1.54, 1.807) is 37.4 Å². The number of anilines is 2. The lowest BCUT2D eigenvalue weighted by atomic mass is 10.2. The first-order chi connectivity index (χ1) is 14.4. The first-order valence-electron chi connectivity index (χ1n) is 9.31. The highest BCUT2D eigenvalue weighted by Gasteiger charge is 2.16. The summed E-state index contributed by atoms with van der Waals surface area (Å²) in [6, 6.07) is 9.55. The van der Waals surface area contributed by atoms with Crippen molar-refractivity contribution in [3.63, 3.8) is 0 Å². The van der Waals surface area contributed by atoms with Gasteiger partial charge in [0, 0.05) is 17.4 Å². The van der Waals surface area contributed by atoms with Crippen LogP contribution < -0.4 is 25.4 Å². The van der Waals surface area contributed by atoms with Crippen LogP contribution in [0, 0.1) is 6.92 Å². The number of carbonyl (C=O) groups excluding carboxylic acids is 3. The summed E-state index contributed by atoms with van der Waals surface area (Å²) in [5, 5.41) is 7.45. The molecule has 0 bridgehead atoms. The lowest BCUT2D eigenvalue weighted by Gasteiger charge is -2.19. The number of urea groups is 1. The Labute approximate surface area is 173 Å². The molecule has 1 aromatic heterocycles. The highest BCUT2D eigenvalue weighted by atomic mass is 16.6. The van der Waals surface area contributed by atoms with Gasteiger partial charge in [0.25, 0.3) is 0 Å². The minimum Gasteiger partial charge on any atom is -0.486 e. The van der Waals surface area contributed by atoms with Crippen molar-refractivity contribution in [3.05, 3.63) is 42.1 Å². The molecule has 2 heterocycles. The second kappa shape index (κ2) is 9.70. The maximum atomic E-state index is 12.1. The molecule has 30 heavy (non-hydrogen) atoms. The molecule has 0 unspecified atom stereocenters. The SMILES string of the molecule is Cc1cccc(NC(=O)CN(C)CC(=O)NC(=O)Nc2ccc3c(c2)OCCO3)n1. The number of fused-ring (bicyclic) bond motifs is 1. The van der Waals surface area contributed by atoms with Gasteiger partial charge < -0.3 is 20.1 Å². The van der Waals surface area contributed by atoms with Gasteiger partial charge in [-0.2, -0.15) is 0 Å². The van der Waals surface area contributed by atoms with E-state index in [1.807, 2.05) is 13.0 Å². The number of pyridine rings is 1. The van der Waals surface area contributed by atoms with Crippen molar-refractivity contribution in [1.29, 1.82) is 0 Å². The number of rotatable bonds is 6. The van der Waals surface area contributed by atoms with Crippen molar-refractivity contribution >= 4 is 29.4 Å². The minimum atomic E-state index is -0.682. The molecule has 0 saturated heterocycles. The summed E-state index contributed by atoms with van der Waals surface area (Å²) in [6.07, 6.45) is 0. The molecule has 0 atom stereocenters. The summed E-state index contributed by atoms with van der Waals surface area (Å²) in [5.41, 5.74) is 1.24. The Morgan fingerprint density at radius 2 is 1.73 bits per heavy atom. The fourth-order valence-corrected chi connectivity index (χ4v) is 2.79. The zero-order valence-electron chi connectivity index (χ0n) is 16.7. The molecule has 0 aliphatic carbocycles. The number of hydrogen-bond donors (Lipinski definition) is 3. The van der Waals surface area contributed by atoms with Gasteiger partial charge in [0.2, 0.25) is 11.8 Å². The van der Waals surface area contributed by atoms with Crippen molar-refractivity contribution in [1.82, 2.24) is 15.2 Å². The van der Waals surface area contributed by atoms with Crippen molar-refractivity contribution in [2.75, 3.05) is 44.0 Å². The fraction of sp³-hybridized carbons (Fsp3) is 0.300. The first kappa shape index (κ1) is 21.1. The zero-order chi connectivity index (χ0) is 21.5. The number of aromatic nitrogens is 1. The largest absolute Gasteiger partial charge is 0.486 e. The fourth-order valence-electron chi connectivity index (χ4n) is 2.79. The Hall–Kier alpha value is -3.66. The summed E-state index contributed by atoms with van der Waals surface area (Å²) in [7, 11) is 1.60. The molecular formula is C20H23N5O5. The molecule has 1 aromatic carbocycles. The standard InChI is InChI=1S/C20H23N5O5/c1-13-4-3-5-17(21-13)23-18(26)11-25(2)12-19(27)24-20(28)22-14-6-7-15-16(10-14)30-9-8-29-15/h3-7,10H,8-9,11-12H2,1-2H3,(H,21,23,26)(H2,22,24,27,28). The summed E-state index contributed by atoms with van der Waals surface area (Å²) in [6.45, 7) is 2.56. The molecule has 4 amide bonds. The first-order valence-corrected chi connectivity index (χ1v) is 9.31. The van der Waals surface area contributed by atoms with Crippen LogP contribution in [0.4, 0.5) is 16.3 Å². The highest BCUT2D eigenvalue weighted by molar-refractivity contribution is 6.02. The van der Waals surface area contributed by atoms with Crippen molar-refractivity contribution in [2.45, 2.75) is 6.92 Å². The van der Waals surface area contributed by atoms with Gasteiger partial charge in [-0.15, -0.1) is 0 Å². The second-order valence-electron chi connectivity index (χ2n) is 6.75. The molecule has 0 spiro atoms. The molecule has 3 rings (SSSR count). The number of likely N-dealkylation sites (N-methyl/N-ethyl adjacent to an activating group) is 1. The third-order valence-electron chi connectivity index (χ3n) is 4.04. The average Bonchev–Trinajstić information content (AvgIpc) is 2.67. The summed E-state index contributed by atoms with van der Waals surface area (Å²) < 4.78 is 10.9. The van der Waals surface area contributed by atoms with Crippen LogP contribution in [0.15, 0.2) is 36.4 Å². The molecule has 1 aliphatic heterocycles. The van der Waals surface area contributed by atoms with Crippen molar-refractivity contribution in [3.8, 4) is 11.5 Å². The lowest BCUT2D eigenvalue weighted by molar-refractivity contribution is -0.122. The Morgan fingerprint density at radius 3 is 2.50 bits per heavy atom. The van der Waals surface area contributed by atoms with E-state index in [1.165, 1.54) is 4.90 Å². The van der Waals surface area contributed by atoms with Crippen LogP contribution >= 0.6 is 0 Å². The number of carbonyl (C=O) groups is 3. The monoisotopic (exact) mass is 413 g/mol. The molecule has 0 fully saturated rings. The number of imide groups is 1. The third kappa shape index (κ3) is 6.17. The van der Waals surface area contributed by atoms with E-state index >= 15 is 0 Å². The summed E-state index contributed by atoms with van der Waals surface area (Å²) in [4.78, 5) is 41.9. The van der Waals surface area contributed by atoms with Crippen LogP contribution in [0.1, 0.15) is 5.69 Å². The number of nitrogens with one attached hydrogen (secondary N) is 3. The number of aryl methyl sites for hydroxylation is 1. The van der Waals surface area contributed by atoms with Crippen molar-refractivity contribution in [2.24, 2.45) is 0 Å². The topological polar surface area (TPSA) is 122 Å². The Balaban J connectivity index is 1.43. The Bertz CT molecular complexity index is 949. The normalized spacial score (nSPS) is 12.2. The highest BCUT2D eigenvalue weighted by Crippen LogP contribution is 2.32. The third-order valence-corrected chi connectivity index (χ3v) is 4.04. The van der Waals surface area contributed by atoms with Gasteiger partial charge in [0.15, 0.2) is 11.5 Å². The van der Waals surface area contributed by atoms with Gasteiger partial charge in [-0.05, 0) is 38.2 Å². The Kier molecular flexibility index (Phi) is 6.81. The van der Waals surface area contributed by atoms with E-state index in [-0.39, 0.29) is 19.0 Å². The van der Waals surface area contributed by atoms with E-state index < -0.39 is 11.9 Å². The molecule has 10 heteroatoms. The number of ether oxygens (including phenoxy) is 2. The zero-order valence-corrected chi connectivity index (χ0v) is 16.7. The minimum absolute atomic E-state index is 0.0349. The molecule has 3 N–H and O–H groups in total. The van der Waals surface area contributed by atoms with Gasteiger partial charge in [-0.1, -0.05) is 6.07 Å². The van der Waals surface area contributed by atoms with E-state index in [4.69, 9.17) is 9.47 Å². The second-order valence-corrected chi connectivity index (χ2v) is 6.75. The molecule has 10 nitrogen and oxygen atoms in total. The van der Waals surface area contributed by atoms with Gasteiger partial charge in [-0.25, -0.2) is 9.78 Å². The van der Waals surface area contributed by atoms with Gasteiger partial charge in [0.1, 0.15) is 19.0 Å². The quantitative estimate of drug-likeness (QED) is 0.654. The van der Waals surface area contributed by atoms with Gasteiger partial charge >= 0.3 is 6.03 Å². The average molecular weight is 413 g/mol. The molecule has 2 aromatic rings. The number of benzene rings is 1. The van der Waals surface area contributed by atoms with Crippen LogP contribution in [0.3, 0.4) is 0 Å². The van der Waals surface area contributed by atoms with Gasteiger partial charge in [-0.3, -0.25) is 19.8 Å². The van der Waals surface area contributed by atoms with E-state index in [2.05, 4.69) is 20.9 Å². The van der Waals surface area contributed by atoms with E-state index in [0.717, 1.165) is 5.69 Å². The van der Waals surface area contributed by atoms with Crippen LogP contribution in [-0.4, -0.2) is 61.1 Å². The smallest absolute Gasteiger partial charge is 0.325 e. The molecule has 0 saturated carbocycles. The van der Waals surface area contributed by atoms with Crippen LogP contribution in [0.2, 0.25) is 0 Å². The molecule has 158 valence electrons. The molecule has 1 aliphatic rings. The van der Waals surface area contributed by atoms with Crippen LogP contribution in [0.25, 0.3) is 0 Å². The Morgan fingerprint density at radius 1 is 1.00 bits per heavy atom. The number of nitrogens with zero attached hydrogens (tertiary/aromatic N) is 2. The maximum absolute atomic E-state index is 12.1. The summed E-state index contributed by atoms with van der Waals surface area (Å²) >= 11 is 0.